The van der Waals surface area contributed by atoms with Crippen LogP contribution >= 0.6 is 11.6 Å². The highest BCUT2D eigenvalue weighted by Crippen LogP contribution is 2.15. The molecule has 1 aromatic heterocycles. The summed E-state index contributed by atoms with van der Waals surface area (Å²) in [6.07, 6.45) is 3.63. The molecule has 1 saturated heterocycles. The molecular weight excluding hydrogens is 226 g/mol. The van der Waals surface area contributed by atoms with Gasteiger partial charge in [-0.05, 0) is 44.3 Å². The van der Waals surface area contributed by atoms with Crippen LogP contribution in [0.4, 0.5) is 0 Å². The van der Waals surface area contributed by atoms with Gasteiger partial charge in [0.2, 0.25) is 5.88 Å². The molecule has 1 atom stereocenters. The molecule has 1 aromatic rings. The average Bonchev–Trinajstić information content (AvgIpc) is 2.33. The highest BCUT2D eigenvalue weighted by Gasteiger charge is 2.12. The summed E-state index contributed by atoms with van der Waals surface area (Å²) in [5.41, 5.74) is 0. The Bertz CT molecular complexity index is 312. The number of hydrogen-bond donors (Lipinski definition) is 1. The Kier molecular flexibility index (Phi) is 4.36. The Hall–Kier alpha value is -0.870. The summed E-state index contributed by atoms with van der Waals surface area (Å²) in [6, 6.07) is 3.43. The zero-order valence-corrected chi connectivity index (χ0v) is 9.91. The molecule has 0 radical (unpaired) electrons. The Morgan fingerprint density at radius 3 is 3.06 bits per heavy atom. The van der Waals surface area contributed by atoms with E-state index in [9.17, 15) is 0 Å². The molecule has 4 nitrogen and oxygen atoms in total. The normalized spacial score (nSPS) is 20.7. The van der Waals surface area contributed by atoms with E-state index in [-0.39, 0.29) is 0 Å². The van der Waals surface area contributed by atoms with Crippen LogP contribution in [0.3, 0.4) is 0 Å². The van der Waals surface area contributed by atoms with Crippen LogP contribution in [0.15, 0.2) is 12.1 Å². The van der Waals surface area contributed by atoms with Crippen LogP contribution in [0, 0.1) is 5.92 Å². The Labute approximate surface area is 100 Å². The molecule has 0 aromatic carbocycles. The fourth-order valence-corrected chi connectivity index (χ4v) is 1.98. The van der Waals surface area contributed by atoms with Crippen molar-refractivity contribution in [1.82, 2.24) is 15.5 Å². The van der Waals surface area contributed by atoms with Crippen molar-refractivity contribution in [2.45, 2.75) is 19.3 Å². The van der Waals surface area contributed by atoms with E-state index in [4.69, 9.17) is 16.3 Å². The first-order chi connectivity index (χ1) is 7.84. The first-order valence-electron chi connectivity index (χ1n) is 5.67. The van der Waals surface area contributed by atoms with Gasteiger partial charge < -0.3 is 10.1 Å². The van der Waals surface area contributed by atoms with E-state index in [1.54, 1.807) is 12.1 Å². The van der Waals surface area contributed by atoms with E-state index in [1.165, 1.54) is 12.8 Å². The van der Waals surface area contributed by atoms with Crippen molar-refractivity contribution in [3.63, 3.8) is 0 Å². The summed E-state index contributed by atoms with van der Waals surface area (Å²) in [5, 5.41) is 11.3. The highest BCUT2D eigenvalue weighted by atomic mass is 35.5. The van der Waals surface area contributed by atoms with Gasteiger partial charge in [0, 0.05) is 6.07 Å². The minimum atomic E-state index is 0.392. The molecule has 1 N–H and O–H groups in total. The van der Waals surface area contributed by atoms with Crippen LogP contribution in [0.1, 0.15) is 19.3 Å². The third kappa shape index (κ3) is 3.61. The summed E-state index contributed by atoms with van der Waals surface area (Å²) in [7, 11) is 0. The van der Waals surface area contributed by atoms with Crippen molar-refractivity contribution in [3.05, 3.63) is 17.3 Å². The summed E-state index contributed by atoms with van der Waals surface area (Å²) < 4.78 is 5.50. The first-order valence-corrected chi connectivity index (χ1v) is 6.05. The predicted molar refractivity (Wildman–Crippen MR) is 62.7 cm³/mol. The van der Waals surface area contributed by atoms with Crippen molar-refractivity contribution in [1.29, 1.82) is 0 Å². The van der Waals surface area contributed by atoms with E-state index < -0.39 is 0 Å². The van der Waals surface area contributed by atoms with Gasteiger partial charge in [-0.25, -0.2) is 0 Å². The number of halogens is 1. The first kappa shape index (κ1) is 11.6. The number of nitrogens with zero attached hydrogens (tertiary/aromatic N) is 2. The van der Waals surface area contributed by atoms with Gasteiger partial charge in [0.15, 0.2) is 5.15 Å². The van der Waals surface area contributed by atoms with Crippen molar-refractivity contribution < 1.29 is 4.74 Å². The van der Waals surface area contributed by atoms with Crippen LogP contribution in [0.25, 0.3) is 0 Å². The van der Waals surface area contributed by atoms with Gasteiger partial charge >= 0.3 is 0 Å². The lowest BCUT2D eigenvalue weighted by molar-refractivity contribution is 0.245. The van der Waals surface area contributed by atoms with Crippen LogP contribution < -0.4 is 10.1 Å². The SMILES string of the molecule is Clc1ccc(OCC[C@@H]2CCCNC2)nn1. The summed E-state index contributed by atoms with van der Waals surface area (Å²) in [6.45, 7) is 2.96. The summed E-state index contributed by atoms with van der Waals surface area (Å²) in [4.78, 5) is 0. The van der Waals surface area contributed by atoms with Crippen LogP contribution in [-0.2, 0) is 0 Å². The van der Waals surface area contributed by atoms with Gasteiger partial charge in [0.25, 0.3) is 0 Å². The molecule has 0 bridgehead atoms. The number of piperidine rings is 1. The van der Waals surface area contributed by atoms with Gasteiger partial charge in [-0.3, -0.25) is 0 Å². The quantitative estimate of drug-likeness (QED) is 0.875. The van der Waals surface area contributed by atoms with Crippen molar-refractivity contribution in [3.8, 4) is 5.88 Å². The summed E-state index contributed by atoms with van der Waals surface area (Å²) >= 11 is 5.63. The lowest BCUT2D eigenvalue weighted by Crippen LogP contribution is -2.30. The summed E-state index contributed by atoms with van der Waals surface area (Å²) in [5.74, 6) is 1.28. The van der Waals surface area contributed by atoms with Gasteiger partial charge in [-0.15, -0.1) is 10.2 Å². The molecule has 1 aliphatic rings. The lowest BCUT2D eigenvalue weighted by atomic mass is 9.97. The minimum absolute atomic E-state index is 0.392. The molecule has 2 rings (SSSR count). The molecule has 0 spiro atoms. The third-order valence-electron chi connectivity index (χ3n) is 2.78. The maximum absolute atomic E-state index is 5.63. The fourth-order valence-electron chi connectivity index (χ4n) is 1.88. The lowest BCUT2D eigenvalue weighted by Gasteiger charge is -2.22. The Morgan fingerprint density at radius 2 is 2.38 bits per heavy atom. The van der Waals surface area contributed by atoms with E-state index >= 15 is 0 Å². The van der Waals surface area contributed by atoms with Gasteiger partial charge in [0.1, 0.15) is 0 Å². The topological polar surface area (TPSA) is 47.0 Å². The van der Waals surface area contributed by atoms with Gasteiger partial charge in [-0.2, -0.15) is 0 Å². The van der Waals surface area contributed by atoms with Crippen molar-refractivity contribution in [2.24, 2.45) is 5.92 Å². The predicted octanol–water partition coefficient (Wildman–Crippen LogP) is 1.90. The van der Waals surface area contributed by atoms with E-state index in [2.05, 4.69) is 15.5 Å². The molecule has 0 amide bonds. The van der Waals surface area contributed by atoms with Crippen molar-refractivity contribution >= 4 is 11.6 Å². The van der Waals surface area contributed by atoms with Crippen LogP contribution in [-0.4, -0.2) is 29.9 Å². The zero-order chi connectivity index (χ0) is 11.2. The number of hydrogen-bond acceptors (Lipinski definition) is 4. The molecule has 16 heavy (non-hydrogen) atoms. The van der Waals surface area contributed by atoms with E-state index in [0.717, 1.165) is 25.4 Å². The van der Waals surface area contributed by atoms with E-state index in [0.29, 0.717) is 17.6 Å². The molecule has 5 heteroatoms. The molecule has 0 aliphatic carbocycles. The maximum atomic E-state index is 5.63. The standard InChI is InChI=1S/C11H16ClN3O/c12-10-3-4-11(15-14-10)16-7-5-9-2-1-6-13-8-9/h3-4,9,13H,1-2,5-8H2/t9-/m0/s1. The molecule has 0 unspecified atom stereocenters. The Morgan fingerprint density at radius 1 is 1.44 bits per heavy atom. The second-order valence-electron chi connectivity index (χ2n) is 4.04. The maximum Gasteiger partial charge on any atom is 0.233 e. The highest BCUT2D eigenvalue weighted by molar-refractivity contribution is 6.29. The molecule has 0 saturated carbocycles. The van der Waals surface area contributed by atoms with Gasteiger partial charge in [0.05, 0.1) is 6.61 Å². The average molecular weight is 242 g/mol. The number of ether oxygens (including phenoxy) is 1. The molecule has 2 heterocycles. The minimum Gasteiger partial charge on any atom is -0.477 e. The molecular formula is C11H16ClN3O. The Balaban J connectivity index is 1.69. The number of rotatable bonds is 4. The van der Waals surface area contributed by atoms with Gasteiger partial charge in [-0.1, -0.05) is 11.6 Å². The smallest absolute Gasteiger partial charge is 0.233 e. The molecule has 1 aliphatic heterocycles. The monoisotopic (exact) mass is 241 g/mol. The van der Waals surface area contributed by atoms with Crippen molar-refractivity contribution in [2.75, 3.05) is 19.7 Å². The van der Waals surface area contributed by atoms with Crippen LogP contribution in [0.5, 0.6) is 5.88 Å². The second-order valence-corrected chi connectivity index (χ2v) is 4.43. The molecule has 88 valence electrons. The van der Waals surface area contributed by atoms with Crippen LogP contribution in [0.2, 0.25) is 5.15 Å². The van der Waals surface area contributed by atoms with E-state index in [1.807, 2.05) is 0 Å². The number of aromatic nitrogens is 2. The molecule has 1 fully saturated rings. The second kappa shape index (κ2) is 6.01. The fraction of sp³-hybridized carbons (Fsp3) is 0.636. The number of nitrogens with one attached hydrogen (secondary N) is 1. The zero-order valence-electron chi connectivity index (χ0n) is 9.16. The largest absolute Gasteiger partial charge is 0.477 e. The third-order valence-corrected chi connectivity index (χ3v) is 2.98.